The lowest BCUT2D eigenvalue weighted by atomic mass is 9.96. The first-order valence-electron chi connectivity index (χ1n) is 6.63. The fourth-order valence-corrected chi connectivity index (χ4v) is 3.37. The molecule has 2 aromatic carbocycles. The lowest BCUT2D eigenvalue weighted by Gasteiger charge is -2.27. The number of nitrogens with zero attached hydrogens (tertiary/aromatic N) is 1. The molecule has 0 aliphatic carbocycles. The van der Waals surface area contributed by atoms with E-state index in [0.29, 0.717) is 0 Å². The maximum atomic E-state index is 13.1. The van der Waals surface area contributed by atoms with Crippen LogP contribution in [0.25, 0.3) is 10.9 Å². The Labute approximate surface area is 125 Å². The predicted molar refractivity (Wildman–Crippen MR) is 84.3 cm³/mol. The highest BCUT2D eigenvalue weighted by molar-refractivity contribution is 7.98. The van der Waals surface area contributed by atoms with Crippen LogP contribution in [0.15, 0.2) is 54.7 Å². The van der Waals surface area contributed by atoms with Crippen LogP contribution in [0.4, 0.5) is 10.1 Å². The summed E-state index contributed by atoms with van der Waals surface area (Å²) in [6, 6.07) is 14.7. The van der Waals surface area contributed by atoms with Crippen LogP contribution in [0.2, 0.25) is 0 Å². The number of hydrogen-bond donors (Lipinski definition) is 2. The molecule has 21 heavy (non-hydrogen) atoms. The van der Waals surface area contributed by atoms with Gasteiger partial charge in [-0.1, -0.05) is 30.3 Å². The zero-order chi connectivity index (χ0) is 14.2. The highest BCUT2D eigenvalue weighted by Gasteiger charge is 2.23. The van der Waals surface area contributed by atoms with E-state index in [4.69, 9.17) is 0 Å². The van der Waals surface area contributed by atoms with Crippen LogP contribution in [-0.2, 0) is 0 Å². The van der Waals surface area contributed by atoms with Gasteiger partial charge in [0.15, 0.2) is 0 Å². The largest absolute Gasteiger partial charge is 0.314 e. The number of anilines is 1. The minimum absolute atomic E-state index is 0.0123. The van der Waals surface area contributed by atoms with E-state index in [2.05, 4.69) is 26.6 Å². The Bertz CT molecular complexity index is 804. The van der Waals surface area contributed by atoms with Gasteiger partial charge in [-0.3, -0.25) is 4.98 Å². The fraction of sp³-hybridized carbons (Fsp3) is 0.0625. The van der Waals surface area contributed by atoms with E-state index in [9.17, 15) is 4.39 Å². The summed E-state index contributed by atoms with van der Waals surface area (Å²) in [5.74, 6) is -0.222. The lowest BCUT2D eigenvalue weighted by molar-refractivity contribution is 0.626. The molecule has 0 fully saturated rings. The molecule has 4 rings (SSSR count). The highest BCUT2D eigenvalue weighted by atomic mass is 32.2. The standard InChI is InChI=1S/C16H12FN3S/c17-12-6-3-11(4-7-12)14-13-8-5-10-2-1-9-18-15(10)16(13)20-21-19-14/h1-9,14,19-20H. The first kappa shape index (κ1) is 12.6. The number of rotatable bonds is 1. The van der Waals surface area contributed by atoms with E-state index >= 15 is 0 Å². The van der Waals surface area contributed by atoms with Gasteiger partial charge in [0, 0.05) is 29.3 Å². The molecule has 1 unspecified atom stereocenters. The molecule has 0 bridgehead atoms. The van der Waals surface area contributed by atoms with Gasteiger partial charge in [0.05, 0.1) is 17.2 Å². The molecule has 1 aromatic heterocycles. The van der Waals surface area contributed by atoms with Crippen LogP contribution in [-0.4, -0.2) is 4.98 Å². The van der Waals surface area contributed by atoms with E-state index in [1.165, 1.54) is 24.3 Å². The molecule has 0 spiro atoms. The minimum atomic E-state index is -0.222. The summed E-state index contributed by atoms with van der Waals surface area (Å²) in [5, 5.41) is 1.10. The Hall–Kier alpha value is -2.11. The maximum absolute atomic E-state index is 13.1. The Morgan fingerprint density at radius 1 is 1.05 bits per heavy atom. The number of benzene rings is 2. The second kappa shape index (κ2) is 5.02. The van der Waals surface area contributed by atoms with Crippen LogP contribution in [0.1, 0.15) is 17.2 Å². The number of nitrogens with one attached hydrogen (secondary N) is 2. The van der Waals surface area contributed by atoms with E-state index < -0.39 is 0 Å². The van der Waals surface area contributed by atoms with E-state index in [0.717, 1.165) is 27.7 Å². The average molecular weight is 297 g/mol. The number of aromatic nitrogens is 1. The number of fused-ring (bicyclic) bond motifs is 3. The third-order valence-electron chi connectivity index (χ3n) is 3.65. The first-order valence-corrected chi connectivity index (χ1v) is 7.45. The van der Waals surface area contributed by atoms with Crippen molar-refractivity contribution in [3.05, 3.63) is 71.7 Å². The van der Waals surface area contributed by atoms with Crippen molar-refractivity contribution in [2.45, 2.75) is 6.04 Å². The van der Waals surface area contributed by atoms with Crippen molar-refractivity contribution >= 4 is 28.7 Å². The molecular formula is C16H12FN3S. The van der Waals surface area contributed by atoms with Crippen LogP contribution in [0, 0.1) is 5.82 Å². The fourth-order valence-electron chi connectivity index (χ4n) is 2.61. The first-order chi connectivity index (χ1) is 10.3. The molecule has 3 aromatic rings. The van der Waals surface area contributed by atoms with E-state index in [1.807, 2.05) is 24.3 Å². The molecule has 2 N–H and O–H groups in total. The van der Waals surface area contributed by atoms with Crippen molar-refractivity contribution in [1.29, 1.82) is 0 Å². The molecule has 2 heterocycles. The van der Waals surface area contributed by atoms with Gasteiger partial charge in [0.1, 0.15) is 5.82 Å². The van der Waals surface area contributed by atoms with Crippen LogP contribution < -0.4 is 9.44 Å². The highest BCUT2D eigenvalue weighted by Crippen LogP contribution is 2.38. The summed E-state index contributed by atoms with van der Waals surface area (Å²) in [7, 11) is 0. The molecule has 5 heteroatoms. The topological polar surface area (TPSA) is 37.0 Å². The van der Waals surface area contributed by atoms with Gasteiger partial charge in [-0.2, -0.15) is 0 Å². The Balaban J connectivity index is 1.88. The Morgan fingerprint density at radius 3 is 2.76 bits per heavy atom. The molecule has 1 atom stereocenters. The molecule has 0 saturated carbocycles. The van der Waals surface area contributed by atoms with Gasteiger partial charge in [-0.05, 0) is 23.8 Å². The Kier molecular flexibility index (Phi) is 3.02. The van der Waals surface area contributed by atoms with Crippen molar-refractivity contribution in [3.63, 3.8) is 0 Å². The third-order valence-corrected chi connectivity index (χ3v) is 4.31. The van der Waals surface area contributed by atoms with Crippen molar-refractivity contribution in [1.82, 2.24) is 9.71 Å². The smallest absolute Gasteiger partial charge is 0.123 e. The van der Waals surface area contributed by atoms with Gasteiger partial charge in [-0.25, -0.2) is 9.11 Å². The zero-order valence-corrected chi connectivity index (χ0v) is 11.8. The Morgan fingerprint density at radius 2 is 1.90 bits per heavy atom. The van der Waals surface area contributed by atoms with Gasteiger partial charge in [0.2, 0.25) is 0 Å². The lowest BCUT2D eigenvalue weighted by Crippen LogP contribution is -2.23. The summed E-state index contributed by atoms with van der Waals surface area (Å²) < 4.78 is 19.7. The van der Waals surface area contributed by atoms with Crippen LogP contribution in [0.3, 0.4) is 0 Å². The number of hydrogen-bond acceptors (Lipinski definition) is 4. The third kappa shape index (κ3) is 2.14. The quantitative estimate of drug-likeness (QED) is 0.665. The monoisotopic (exact) mass is 297 g/mol. The molecule has 1 aliphatic heterocycles. The van der Waals surface area contributed by atoms with E-state index in [-0.39, 0.29) is 11.9 Å². The summed E-state index contributed by atoms with van der Waals surface area (Å²) >= 11 is 1.43. The molecule has 3 nitrogen and oxygen atoms in total. The maximum Gasteiger partial charge on any atom is 0.123 e. The minimum Gasteiger partial charge on any atom is -0.314 e. The predicted octanol–water partition coefficient (Wildman–Crippen LogP) is 4.04. The average Bonchev–Trinajstić information content (AvgIpc) is 2.55. The summed E-state index contributed by atoms with van der Waals surface area (Å²) in [6.45, 7) is 0. The molecule has 0 saturated heterocycles. The molecular weight excluding hydrogens is 285 g/mol. The molecule has 104 valence electrons. The summed E-state index contributed by atoms with van der Waals surface area (Å²) in [6.07, 6.45) is 1.80. The van der Waals surface area contributed by atoms with Crippen LogP contribution in [0.5, 0.6) is 0 Å². The van der Waals surface area contributed by atoms with Crippen molar-refractivity contribution in [2.24, 2.45) is 0 Å². The van der Waals surface area contributed by atoms with Crippen molar-refractivity contribution in [3.8, 4) is 0 Å². The SMILES string of the molecule is Fc1ccc(C2NSNc3c2ccc2cccnc32)cc1. The van der Waals surface area contributed by atoms with Gasteiger partial charge in [0.25, 0.3) is 0 Å². The van der Waals surface area contributed by atoms with Crippen molar-refractivity contribution in [2.75, 3.05) is 4.72 Å². The number of pyridine rings is 1. The van der Waals surface area contributed by atoms with Gasteiger partial charge in [-0.15, -0.1) is 0 Å². The molecule has 0 amide bonds. The summed E-state index contributed by atoms with van der Waals surface area (Å²) in [4.78, 5) is 4.47. The summed E-state index contributed by atoms with van der Waals surface area (Å²) in [5.41, 5.74) is 4.12. The normalized spacial score (nSPS) is 17.3. The number of halogens is 1. The molecule has 1 aliphatic rings. The molecule has 0 radical (unpaired) electrons. The van der Waals surface area contributed by atoms with Crippen molar-refractivity contribution < 1.29 is 4.39 Å². The second-order valence-electron chi connectivity index (χ2n) is 4.91. The van der Waals surface area contributed by atoms with Crippen LogP contribution >= 0.6 is 12.1 Å². The van der Waals surface area contributed by atoms with Gasteiger partial charge < -0.3 is 4.72 Å². The van der Waals surface area contributed by atoms with E-state index in [1.54, 1.807) is 6.20 Å². The van der Waals surface area contributed by atoms with Gasteiger partial charge >= 0.3 is 0 Å². The second-order valence-corrected chi connectivity index (χ2v) is 5.56. The zero-order valence-electron chi connectivity index (χ0n) is 11.0.